The summed E-state index contributed by atoms with van der Waals surface area (Å²) in [5.41, 5.74) is 14.5. The zero-order chi connectivity index (χ0) is 33.5. The van der Waals surface area contributed by atoms with Crippen molar-refractivity contribution in [2.45, 2.75) is 83.5 Å². The van der Waals surface area contributed by atoms with E-state index in [1.54, 1.807) is 12.4 Å². The Balaban J connectivity index is 1.29. The molecule has 0 aliphatic heterocycles. The molecule has 0 fully saturated rings. The molecule has 4 aromatic heterocycles. The second-order valence-corrected chi connectivity index (χ2v) is 13.6. The number of rotatable bonds is 14. The summed E-state index contributed by atoms with van der Waals surface area (Å²) in [6.07, 6.45) is 23.8. The highest BCUT2D eigenvalue weighted by atomic mass is 14.7. The van der Waals surface area contributed by atoms with E-state index < -0.39 is 0 Å². The van der Waals surface area contributed by atoms with Gasteiger partial charge in [-0.2, -0.15) is 0 Å². The summed E-state index contributed by atoms with van der Waals surface area (Å²) < 4.78 is 0. The maximum absolute atomic E-state index is 4.86. The van der Waals surface area contributed by atoms with Crippen LogP contribution >= 0.6 is 0 Å². The number of pyridine rings is 4. The first-order valence-electron chi connectivity index (χ1n) is 18.2. The van der Waals surface area contributed by atoms with Crippen LogP contribution in [0.15, 0.2) is 122 Å². The van der Waals surface area contributed by atoms with E-state index in [0.29, 0.717) is 0 Å². The molecular weight excluding hydrogens is 597 g/mol. The Morgan fingerprint density at radius 3 is 1.31 bits per heavy atom. The normalized spacial score (nSPS) is 12.9. The fourth-order valence-corrected chi connectivity index (χ4v) is 7.72. The van der Waals surface area contributed by atoms with E-state index in [4.69, 9.17) is 9.97 Å². The predicted molar refractivity (Wildman–Crippen MR) is 203 cm³/mol. The third-order valence-electron chi connectivity index (χ3n) is 10.4. The van der Waals surface area contributed by atoms with Crippen LogP contribution in [0, 0.1) is 0 Å². The lowest BCUT2D eigenvalue weighted by Gasteiger charge is -2.33. The van der Waals surface area contributed by atoms with Crippen LogP contribution in [0.5, 0.6) is 0 Å². The smallest absolute Gasteiger partial charge is 0.0717 e. The van der Waals surface area contributed by atoms with Crippen molar-refractivity contribution in [3.8, 4) is 55.9 Å². The van der Waals surface area contributed by atoms with Gasteiger partial charge in [0.1, 0.15) is 0 Å². The van der Waals surface area contributed by atoms with Crippen molar-refractivity contribution in [2.75, 3.05) is 0 Å². The molecule has 0 saturated heterocycles. The standard InChI is InChI=1S/C45H46N4/c1-3-5-7-9-23-45(24-10-8-6-4-2)41-27-33(35-17-21-43(48-31-35)37-13-11-25-46-29-37)15-19-39(41)40-20-16-34(28-42(40)45)36-18-22-44(49-32-36)38-14-12-26-47-30-38/h11-22,25-32H,3-10,23-24H2,1-2H3. The van der Waals surface area contributed by atoms with Crippen LogP contribution in [0.4, 0.5) is 0 Å². The summed E-state index contributed by atoms with van der Waals surface area (Å²) in [4.78, 5) is 18.3. The van der Waals surface area contributed by atoms with Crippen molar-refractivity contribution >= 4 is 0 Å². The number of fused-ring (bicyclic) bond motifs is 3. The van der Waals surface area contributed by atoms with Crippen molar-refractivity contribution in [3.63, 3.8) is 0 Å². The average molecular weight is 643 g/mol. The molecule has 6 aromatic rings. The molecule has 0 radical (unpaired) electrons. The summed E-state index contributed by atoms with van der Waals surface area (Å²) in [5, 5.41) is 0. The van der Waals surface area contributed by atoms with E-state index in [-0.39, 0.29) is 5.41 Å². The first-order chi connectivity index (χ1) is 24.2. The third kappa shape index (κ3) is 6.83. The van der Waals surface area contributed by atoms with Crippen LogP contribution in [-0.2, 0) is 5.41 Å². The Labute approximate surface area is 291 Å². The Hall–Kier alpha value is -4.96. The molecule has 0 amide bonds. The van der Waals surface area contributed by atoms with Crippen LogP contribution in [0.1, 0.15) is 89.2 Å². The van der Waals surface area contributed by atoms with Gasteiger partial charge < -0.3 is 0 Å². The van der Waals surface area contributed by atoms with Crippen LogP contribution in [0.2, 0.25) is 0 Å². The summed E-state index contributed by atoms with van der Waals surface area (Å²) in [6, 6.07) is 31.1. The summed E-state index contributed by atoms with van der Waals surface area (Å²) in [5.74, 6) is 0. The number of aromatic nitrogens is 4. The summed E-state index contributed by atoms with van der Waals surface area (Å²) in [7, 11) is 0. The van der Waals surface area contributed by atoms with Crippen LogP contribution in [0.3, 0.4) is 0 Å². The molecule has 0 bridgehead atoms. The first kappa shape index (κ1) is 32.6. The minimum atomic E-state index is -0.0235. The molecule has 49 heavy (non-hydrogen) atoms. The highest BCUT2D eigenvalue weighted by molar-refractivity contribution is 5.86. The van der Waals surface area contributed by atoms with Gasteiger partial charge in [0.15, 0.2) is 0 Å². The lowest BCUT2D eigenvalue weighted by atomic mass is 9.70. The van der Waals surface area contributed by atoms with E-state index in [1.165, 1.54) is 97.6 Å². The molecule has 4 heteroatoms. The van der Waals surface area contributed by atoms with Crippen molar-refractivity contribution in [3.05, 3.63) is 133 Å². The second-order valence-electron chi connectivity index (χ2n) is 13.6. The van der Waals surface area contributed by atoms with Crippen molar-refractivity contribution in [1.29, 1.82) is 0 Å². The van der Waals surface area contributed by atoms with Crippen molar-refractivity contribution < 1.29 is 0 Å². The molecule has 0 N–H and O–H groups in total. The minimum absolute atomic E-state index is 0.0235. The van der Waals surface area contributed by atoms with E-state index in [0.717, 1.165) is 33.6 Å². The van der Waals surface area contributed by atoms with E-state index >= 15 is 0 Å². The van der Waals surface area contributed by atoms with Gasteiger partial charge in [0, 0.05) is 64.8 Å². The number of nitrogens with zero attached hydrogens (tertiary/aromatic N) is 4. The Morgan fingerprint density at radius 2 is 0.918 bits per heavy atom. The molecule has 2 aromatic carbocycles. The van der Waals surface area contributed by atoms with Crippen LogP contribution in [-0.4, -0.2) is 19.9 Å². The Bertz CT molecular complexity index is 1820. The highest BCUT2D eigenvalue weighted by Gasteiger charge is 2.42. The van der Waals surface area contributed by atoms with Gasteiger partial charge in [0.2, 0.25) is 0 Å². The van der Waals surface area contributed by atoms with Crippen molar-refractivity contribution in [1.82, 2.24) is 19.9 Å². The van der Waals surface area contributed by atoms with Crippen LogP contribution < -0.4 is 0 Å². The molecule has 1 aliphatic rings. The predicted octanol–water partition coefficient (Wildman–Crippen LogP) is 12.1. The molecular formula is C45H46N4. The molecule has 7 rings (SSSR count). The zero-order valence-electron chi connectivity index (χ0n) is 28.9. The van der Waals surface area contributed by atoms with E-state index in [2.05, 4.69) is 96.6 Å². The average Bonchev–Trinajstić information content (AvgIpc) is 3.44. The molecule has 4 nitrogen and oxygen atoms in total. The molecule has 246 valence electrons. The summed E-state index contributed by atoms with van der Waals surface area (Å²) >= 11 is 0. The Morgan fingerprint density at radius 1 is 0.449 bits per heavy atom. The van der Waals surface area contributed by atoms with Crippen molar-refractivity contribution in [2.24, 2.45) is 0 Å². The number of unbranched alkanes of at least 4 members (excludes halogenated alkanes) is 6. The molecule has 1 aliphatic carbocycles. The van der Waals surface area contributed by atoms with E-state index in [1.807, 2.05) is 36.9 Å². The van der Waals surface area contributed by atoms with Gasteiger partial charge in [-0.3, -0.25) is 19.9 Å². The lowest BCUT2D eigenvalue weighted by Crippen LogP contribution is -2.25. The largest absolute Gasteiger partial charge is 0.264 e. The topological polar surface area (TPSA) is 51.6 Å². The molecule has 0 atom stereocenters. The second kappa shape index (κ2) is 15.1. The fraction of sp³-hybridized carbons (Fsp3) is 0.289. The van der Waals surface area contributed by atoms with Gasteiger partial charge in [-0.1, -0.05) is 102 Å². The van der Waals surface area contributed by atoms with E-state index in [9.17, 15) is 0 Å². The first-order valence-corrected chi connectivity index (χ1v) is 18.2. The third-order valence-corrected chi connectivity index (χ3v) is 10.4. The molecule has 0 saturated carbocycles. The van der Waals surface area contributed by atoms with Gasteiger partial charge in [-0.15, -0.1) is 0 Å². The zero-order valence-corrected chi connectivity index (χ0v) is 28.9. The fourth-order valence-electron chi connectivity index (χ4n) is 7.72. The minimum Gasteiger partial charge on any atom is -0.264 e. The maximum atomic E-state index is 4.86. The maximum Gasteiger partial charge on any atom is 0.0717 e. The quantitative estimate of drug-likeness (QED) is 0.111. The van der Waals surface area contributed by atoms with Crippen LogP contribution in [0.25, 0.3) is 55.9 Å². The van der Waals surface area contributed by atoms with Gasteiger partial charge in [-0.25, -0.2) is 0 Å². The molecule has 0 unspecified atom stereocenters. The van der Waals surface area contributed by atoms with Gasteiger partial charge in [-0.05, 0) is 94.8 Å². The summed E-state index contributed by atoms with van der Waals surface area (Å²) in [6.45, 7) is 4.61. The van der Waals surface area contributed by atoms with Gasteiger partial charge in [0.05, 0.1) is 11.4 Å². The Kier molecular flexibility index (Phi) is 10.0. The van der Waals surface area contributed by atoms with Gasteiger partial charge in [0.25, 0.3) is 0 Å². The SMILES string of the molecule is CCCCCCC1(CCCCCC)c2cc(-c3ccc(-c4cccnc4)nc3)ccc2-c2ccc(-c3ccc(-c4cccnc4)nc3)cc21. The number of benzene rings is 2. The monoisotopic (exact) mass is 642 g/mol. The highest BCUT2D eigenvalue weighted by Crippen LogP contribution is 2.55. The molecule has 0 spiro atoms. The van der Waals surface area contributed by atoms with Gasteiger partial charge >= 0.3 is 0 Å². The lowest BCUT2D eigenvalue weighted by molar-refractivity contribution is 0.401. The number of hydrogen-bond acceptors (Lipinski definition) is 4. The molecule has 4 heterocycles. The number of hydrogen-bond donors (Lipinski definition) is 0.